The number of allylic oxidation sites excluding steroid dienone is 2. The fraction of sp³-hybridized carbons (Fsp3) is 0.312. The van der Waals surface area contributed by atoms with Gasteiger partial charge in [-0.05, 0) is 38.0 Å². The van der Waals surface area contributed by atoms with Crippen molar-refractivity contribution in [2.24, 2.45) is 5.41 Å². The second-order valence-electron chi connectivity index (χ2n) is 4.70. The van der Waals surface area contributed by atoms with Gasteiger partial charge in [-0.25, -0.2) is 0 Å². The number of carbonyl (C=O) groups is 1. The standard InChI is InChI=1S/C16H18Cl2O/c1-5-7-16(6-2,11(3)4)15(19)12-8-13(17)10-14(18)9-12/h5,8-10H,1,3,6-7H2,2,4H3. The van der Waals surface area contributed by atoms with Gasteiger partial charge in [0.25, 0.3) is 0 Å². The summed E-state index contributed by atoms with van der Waals surface area (Å²) in [6, 6.07) is 4.90. The summed E-state index contributed by atoms with van der Waals surface area (Å²) in [6.45, 7) is 11.6. The first-order valence-corrected chi connectivity index (χ1v) is 6.90. The second kappa shape index (κ2) is 6.40. The molecule has 0 aliphatic carbocycles. The molecule has 1 unspecified atom stereocenters. The van der Waals surface area contributed by atoms with Gasteiger partial charge in [0.2, 0.25) is 0 Å². The molecular formula is C16H18Cl2O. The van der Waals surface area contributed by atoms with Gasteiger partial charge in [-0.15, -0.1) is 6.58 Å². The van der Waals surface area contributed by atoms with E-state index in [-0.39, 0.29) is 5.78 Å². The molecule has 0 N–H and O–H groups in total. The normalized spacial score (nSPS) is 13.7. The van der Waals surface area contributed by atoms with Crippen LogP contribution >= 0.6 is 23.2 Å². The van der Waals surface area contributed by atoms with Crippen LogP contribution in [0.1, 0.15) is 37.0 Å². The van der Waals surface area contributed by atoms with E-state index in [4.69, 9.17) is 23.2 Å². The molecule has 19 heavy (non-hydrogen) atoms. The Bertz CT molecular complexity index is 499. The topological polar surface area (TPSA) is 17.1 Å². The molecule has 1 rings (SSSR count). The Morgan fingerprint density at radius 2 is 1.84 bits per heavy atom. The van der Waals surface area contributed by atoms with E-state index in [0.717, 1.165) is 5.57 Å². The lowest BCUT2D eigenvalue weighted by atomic mass is 9.71. The quantitative estimate of drug-likeness (QED) is 0.484. The van der Waals surface area contributed by atoms with Crippen LogP contribution in [0.2, 0.25) is 10.0 Å². The molecule has 0 aliphatic heterocycles. The molecule has 3 heteroatoms. The maximum atomic E-state index is 12.8. The molecule has 102 valence electrons. The monoisotopic (exact) mass is 296 g/mol. The smallest absolute Gasteiger partial charge is 0.173 e. The van der Waals surface area contributed by atoms with Crippen LogP contribution in [0, 0.1) is 5.41 Å². The van der Waals surface area contributed by atoms with Crippen molar-refractivity contribution in [3.8, 4) is 0 Å². The second-order valence-corrected chi connectivity index (χ2v) is 5.57. The molecule has 1 aromatic carbocycles. The summed E-state index contributed by atoms with van der Waals surface area (Å²) in [6.07, 6.45) is 2.97. The van der Waals surface area contributed by atoms with Crippen LogP contribution in [0.25, 0.3) is 0 Å². The van der Waals surface area contributed by atoms with Crippen LogP contribution in [0.4, 0.5) is 0 Å². The van der Waals surface area contributed by atoms with Gasteiger partial charge in [0.05, 0.1) is 5.41 Å². The Balaban J connectivity index is 3.33. The van der Waals surface area contributed by atoms with E-state index < -0.39 is 5.41 Å². The first-order chi connectivity index (χ1) is 8.87. The molecule has 0 amide bonds. The number of hydrogen-bond donors (Lipinski definition) is 0. The van der Waals surface area contributed by atoms with Gasteiger partial charge in [0.1, 0.15) is 0 Å². The van der Waals surface area contributed by atoms with Crippen molar-refractivity contribution in [2.45, 2.75) is 26.7 Å². The zero-order chi connectivity index (χ0) is 14.6. The van der Waals surface area contributed by atoms with Gasteiger partial charge in [-0.2, -0.15) is 0 Å². The van der Waals surface area contributed by atoms with E-state index in [1.54, 1.807) is 24.3 Å². The Hall–Kier alpha value is -1.05. The van der Waals surface area contributed by atoms with Gasteiger partial charge in [0, 0.05) is 15.6 Å². The number of rotatable bonds is 6. The predicted octanol–water partition coefficient (Wildman–Crippen LogP) is 5.72. The van der Waals surface area contributed by atoms with E-state index in [1.165, 1.54) is 0 Å². The fourth-order valence-electron chi connectivity index (χ4n) is 2.28. The highest BCUT2D eigenvalue weighted by atomic mass is 35.5. The number of hydrogen-bond acceptors (Lipinski definition) is 1. The van der Waals surface area contributed by atoms with Gasteiger partial charge in [0.15, 0.2) is 5.78 Å². The van der Waals surface area contributed by atoms with E-state index in [2.05, 4.69) is 13.2 Å². The van der Waals surface area contributed by atoms with Crippen molar-refractivity contribution in [3.05, 3.63) is 58.6 Å². The third kappa shape index (κ3) is 3.29. The van der Waals surface area contributed by atoms with Crippen molar-refractivity contribution in [1.29, 1.82) is 0 Å². The summed E-state index contributed by atoms with van der Waals surface area (Å²) in [5.41, 5.74) is 0.718. The molecule has 0 saturated heterocycles. The molecular weight excluding hydrogens is 279 g/mol. The lowest BCUT2D eigenvalue weighted by Crippen LogP contribution is -2.31. The van der Waals surface area contributed by atoms with Crippen molar-refractivity contribution < 1.29 is 4.79 Å². The van der Waals surface area contributed by atoms with Crippen LogP contribution < -0.4 is 0 Å². The Morgan fingerprint density at radius 3 is 2.21 bits per heavy atom. The van der Waals surface area contributed by atoms with Crippen molar-refractivity contribution in [3.63, 3.8) is 0 Å². The van der Waals surface area contributed by atoms with E-state index in [9.17, 15) is 4.79 Å². The molecule has 1 atom stereocenters. The van der Waals surface area contributed by atoms with Gasteiger partial charge in [-0.3, -0.25) is 4.79 Å². The molecule has 0 saturated carbocycles. The maximum absolute atomic E-state index is 12.8. The third-order valence-corrected chi connectivity index (χ3v) is 3.91. The number of halogens is 2. The highest BCUT2D eigenvalue weighted by molar-refractivity contribution is 6.35. The third-order valence-electron chi connectivity index (χ3n) is 3.47. The molecule has 0 bridgehead atoms. The van der Waals surface area contributed by atoms with Crippen molar-refractivity contribution >= 4 is 29.0 Å². The number of benzene rings is 1. The van der Waals surface area contributed by atoms with E-state index >= 15 is 0 Å². The van der Waals surface area contributed by atoms with Crippen LogP contribution in [-0.2, 0) is 0 Å². The number of carbonyl (C=O) groups excluding carboxylic acids is 1. The minimum Gasteiger partial charge on any atom is -0.293 e. The minimum atomic E-state index is -0.629. The first kappa shape index (κ1) is 16.0. The average Bonchev–Trinajstić information content (AvgIpc) is 2.33. The predicted molar refractivity (Wildman–Crippen MR) is 83.1 cm³/mol. The van der Waals surface area contributed by atoms with Crippen LogP contribution in [0.5, 0.6) is 0 Å². The Morgan fingerprint density at radius 1 is 1.32 bits per heavy atom. The van der Waals surface area contributed by atoms with Crippen LogP contribution in [0.3, 0.4) is 0 Å². The number of Topliss-reactive ketones (excluding diaryl/α,β-unsaturated/α-hetero) is 1. The van der Waals surface area contributed by atoms with E-state index in [0.29, 0.717) is 28.5 Å². The molecule has 0 spiro atoms. The van der Waals surface area contributed by atoms with Gasteiger partial charge < -0.3 is 0 Å². The maximum Gasteiger partial charge on any atom is 0.173 e. The van der Waals surface area contributed by atoms with Crippen molar-refractivity contribution in [1.82, 2.24) is 0 Å². The molecule has 0 heterocycles. The minimum absolute atomic E-state index is 0.00759. The summed E-state index contributed by atoms with van der Waals surface area (Å²) >= 11 is 11.9. The summed E-state index contributed by atoms with van der Waals surface area (Å²) in [4.78, 5) is 12.8. The first-order valence-electron chi connectivity index (χ1n) is 6.15. The van der Waals surface area contributed by atoms with E-state index in [1.807, 2.05) is 13.8 Å². The van der Waals surface area contributed by atoms with Crippen molar-refractivity contribution in [2.75, 3.05) is 0 Å². The SMILES string of the molecule is C=CCC(CC)(C(=C)C)C(=O)c1cc(Cl)cc(Cl)c1. The molecule has 0 fully saturated rings. The zero-order valence-electron chi connectivity index (χ0n) is 11.3. The van der Waals surface area contributed by atoms with Crippen LogP contribution in [-0.4, -0.2) is 5.78 Å². The lowest BCUT2D eigenvalue weighted by Gasteiger charge is -2.31. The Labute approximate surface area is 124 Å². The largest absolute Gasteiger partial charge is 0.293 e. The van der Waals surface area contributed by atoms with Crippen LogP contribution in [0.15, 0.2) is 43.0 Å². The molecule has 1 aromatic rings. The Kier molecular flexibility index (Phi) is 5.39. The van der Waals surface area contributed by atoms with Gasteiger partial charge >= 0.3 is 0 Å². The molecule has 1 nitrogen and oxygen atoms in total. The highest BCUT2D eigenvalue weighted by Gasteiger charge is 2.36. The summed E-state index contributed by atoms with van der Waals surface area (Å²) in [5, 5.41) is 0.919. The lowest BCUT2D eigenvalue weighted by molar-refractivity contribution is 0.0836. The zero-order valence-corrected chi connectivity index (χ0v) is 12.8. The molecule has 0 aromatic heterocycles. The average molecular weight is 297 g/mol. The molecule has 0 aliphatic rings. The molecule has 0 radical (unpaired) electrons. The highest BCUT2D eigenvalue weighted by Crippen LogP contribution is 2.39. The summed E-state index contributed by atoms with van der Waals surface area (Å²) < 4.78 is 0. The summed E-state index contributed by atoms with van der Waals surface area (Å²) in [5.74, 6) is -0.00759. The van der Waals surface area contributed by atoms with Gasteiger partial charge in [-0.1, -0.05) is 48.4 Å². The fourth-order valence-corrected chi connectivity index (χ4v) is 2.80. The summed E-state index contributed by atoms with van der Waals surface area (Å²) in [7, 11) is 0. The number of ketones is 1.